The summed E-state index contributed by atoms with van der Waals surface area (Å²) in [6.45, 7) is 0.189. The van der Waals surface area contributed by atoms with Crippen LogP contribution in [0.25, 0.3) is 0 Å². The van der Waals surface area contributed by atoms with E-state index < -0.39 is 12.1 Å². The molecule has 1 aromatic rings. The molecule has 1 aliphatic heterocycles. The van der Waals surface area contributed by atoms with Gasteiger partial charge >= 0.3 is 6.18 Å². The van der Waals surface area contributed by atoms with E-state index in [1.165, 1.54) is 17.0 Å². The van der Waals surface area contributed by atoms with Gasteiger partial charge in [-0.1, -0.05) is 17.7 Å². The molecule has 104 valence electrons. The van der Waals surface area contributed by atoms with Crippen LogP contribution in [0.1, 0.15) is 23.3 Å². The average Bonchev–Trinajstić information content (AvgIpc) is 2.37. The van der Waals surface area contributed by atoms with Crippen molar-refractivity contribution in [1.29, 1.82) is 0 Å². The Kier molecular flexibility index (Phi) is 3.99. The monoisotopic (exact) mass is 292 g/mol. The van der Waals surface area contributed by atoms with E-state index in [4.69, 9.17) is 11.6 Å². The number of carbonyl (C=O) groups is 1. The predicted octanol–water partition coefficient (Wildman–Crippen LogP) is 3.15. The Morgan fingerprint density at radius 3 is 2.47 bits per heavy atom. The van der Waals surface area contributed by atoms with Gasteiger partial charge < -0.3 is 4.90 Å². The average molecular weight is 293 g/mol. The Balaban J connectivity index is 2.00. The minimum absolute atomic E-state index is 0.0597. The van der Waals surface area contributed by atoms with Crippen molar-refractivity contribution in [2.75, 3.05) is 13.1 Å². The minimum atomic E-state index is -4.18. The first kappa shape index (κ1) is 14.1. The number of hydrogen-bond acceptors (Lipinski definition) is 2. The van der Waals surface area contributed by atoms with Crippen LogP contribution in [0.15, 0.2) is 18.2 Å². The molecule has 0 N–H and O–H groups in total. The van der Waals surface area contributed by atoms with Gasteiger partial charge in [-0.05, 0) is 25.0 Å². The lowest BCUT2D eigenvalue weighted by Crippen LogP contribution is -2.42. The highest BCUT2D eigenvalue weighted by molar-refractivity contribution is 6.29. The highest BCUT2D eigenvalue weighted by atomic mass is 35.5. The number of alkyl halides is 3. The van der Waals surface area contributed by atoms with Crippen LogP contribution in [-0.2, 0) is 0 Å². The van der Waals surface area contributed by atoms with Gasteiger partial charge in [0.2, 0.25) is 0 Å². The molecule has 3 nitrogen and oxygen atoms in total. The zero-order valence-electron chi connectivity index (χ0n) is 9.95. The molecule has 2 heterocycles. The number of piperidine rings is 1. The van der Waals surface area contributed by atoms with Crippen molar-refractivity contribution in [2.45, 2.75) is 19.0 Å². The molecule has 0 saturated carbocycles. The Labute approximate surface area is 113 Å². The zero-order valence-corrected chi connectivity index (χ0v) is 10.7. The summed E-state index contributed by atoms with van der Waals surface area (Å²) in [7, 11) is 0. The summed E-state index contributed by atoms with van der Waals surface area (Å²) < 4.78 is 37.5. The molecule has 0 aromatic carbocycles. The first-order chi connectivity index (χ1) is 8.88. The predicted molar refractivity (Wildman–Crippen MR) is 63.9 cm³/mol. The number of carbonyl (C=O) groups excluding carboxylic acids is 1. The molecule has 0 spiro atoms. The molecule has 0 aliphatic carbocycles. The van der Waals surface area contributed by atoms with E-state index >= 15 is 0 Å². The summed E-state index contributed by atoms with van der Waals surface area (Å²) in [6.07, 6.45) is -4.30. The van der Waals surface area contributed by atoms with E-state index in [0.717, 1.165) is 0 Å². The van der Waals surface area contributed by atoms with Gasteiger partial charge in [0.1, 0.15) is 10.8 Å². The third-order valence-corrected chi connectivity index (χ3v) is 3.39. The standard InChI is InChI=1S/C12H12ClF3N2O/c13-10-3-1-2-9(17-10)11(19)18-6-4-8(5-7-18)12(14,15)16/h1-3,8H,4-7H2. The number of nitrogens with zero attached hydrogens (tertiary/aromatic N) is 2. The van der Waals surface area contributed by atoms with Crippen molar-refractivity contribution in [3.8, 4) is 0 Å². The molecule has 0 atom stereocenters. The summed E-state index contributed by atoms with van der Waals surface area (Å²) in [5.74, 6) is -1.69. The molecule has 19 heavy (non-hydrogen) atoms. The van der Waals surface area contributed by atoms with Gasteiger partial charge in [-0.3, -0.25) is 4.79 Å². The third-order valence-electron chi connectivity index (χ3n) is 3.18. The second-order valence-electron chi connectivity index (χ2n) is 4.45. The molecule has 1 amide bonds. The lowest BCUT2D eigenvalue weighted by molar-refractivity contribution is -0.183. The molecule has 1 aliphatic rings. The molecule has 1 saturated heterocycles. The summed E-state index contributed by atoms with van der Waals surface area (Å²) in [5.41, 5.74) is 0.165. The second kappa shape index (κ2) is 5.36. The van der Waals surface area contributed by atoms with E-state index in [-0.39, 0.29) is 42.7 Å². The molecule has 7 heteroatoms. The maximum atomic E-state index is 12.5. The Morgan fingerprint density at radius 1 is 1.32 bits per heavy atom. The molecule has 0 bridgehead atoms. The van der Waals surface area contributed by atoms with Crippen molar-refractivity contribution in [2.24, 2.45) is 5.92 Å². The van der Waals surface area contributed by atoms with Crippen LogP contribution < -0.4 is 0 Å². The molecule has 0 unspecified atom stereocenters. The number of halogens is 4. The van der Waals surface area contributed by atoms with Crippen LogP contribution in [0.4, 0.5) is 13.2 Å². The van der Waals surface area contributed by atoms with Gasteiger partial charge in [0.15, 0.2) is 0 Å². The van der Waals surface area contributed by atoms with Crippen LogP contribution in [0.3, 0.4) is 0 Å². The number of aromatic nitrogens is 1. The second-order valence-corrected chi connectivity index (χ2v) is 4.84. The third kappa shape index (κ3) is 3.37. The number of likely N-dealkylation sites (tertiary alicyclic amines) is 1. The fourth-order valence-corrected chi connectivity index (χ4v) is 2.26. The zero-order chi connectivity index (χ0) is 14.0. The number of rotatable bonds is 1. The molecular weight excluding hydrogens is 281 g/mol. The fourth-order valence-electron chi connectivity index (χ4n) is 2.10. The van der Waals surface area contributed by atoms with E-state index in [0.29, 0.717) is 0 Å². The number of hydrogen-bond donors (Lipinski definition) is 0. The van der Waals surface area contributed by atoms with Gasteiger partial charge in [0, 0.05) is 13.1 Å². The van der Waals surface area contributed by atoms with Crippen molar-refractivity contribution < 1.29 is 18.0 Å². The van der Waals surface area contributed by atoms with E-state index in [9.17, 15) is 18.0 Å². The minimum Gasteiger partial charge on any atom is -0.337 e. The highest BCUT2D eigenvalue weighted by Gasteiger charge is 2.41. The maximum absolute atomic E-state index is 12.5. The van der Waals surface area contributed by atoms with Crippen molar-refractivity contribution >= 4 is 17.5 Å². The summed E-state index contributed by atoms with van der Waals surface area (Å²) in [6, 6.07) is 4.63. The summed E-state index contributed by atoms with van der Waals surface area (Å²) >= 11 is 5.68. The Morgan fingerprint density at radius 2 is 1.95 bits per heavy atom. The normalized spacial score (nSPS) is 17.6. The van der Waals surface area contributed by atoms with Crippen LogP contribution in [0.5, 0.6) is 0 Å². The van der Waals surface area contributed by atoms with Crippen LogP contribution in [-0.4, -0.2) is 35.1 Å². The molecule has 1 aromatic heterocycles. The van der Waals surface area contributed by atoms with Gasteiger partial charge in [-0.2, -0.15) is 13.2 Å². The molecule has 0 radical (unpaired) electrons. The SMILES string of the molecule is O=C(c1cccc(Cl)n1)N1CCC(C(F)(F)F)CC1. The van der Waals surface area contributed by atoms with Gasteiger partial charge in [-0.15, -0.1) is 0 Å². The first-order valence-electron chi connectivity index (χ1n) is 5.86. The maximum Gasteiger partial charge on any atom is 0.391 e. The smallest absolute Gasteiger partial charge is 0.337 e. The molecule has 2 rings (SSSR count). The van der Waals surface area contributed by atoms with Gasteiger partial charge in [-0.25, -0.2) is 4.98 Å². The summed E-state index contributed by atoms with van der Waals surface area (Å²) in [5, 5.41) is 0.191. The molecular formula is C12H12ClF3N2O. The number of amides is 1. The van der Waals surface area contributed by atoms with E-state index in [2.05, 4.69) is 4.98 Å². The van der Waals surface area contributed by atoms with E-state index in [1.54, 1.807) is 6.07 Å². The largest absolute Gasteiger partial charge is 0.391 e. The quantitative estimate of drug-likeness (QED) is 0.745. The van der Waals surface area contributed by atoms with Crippen LogP contribution in [0, 0.1) is 5.92 Å². The topological polar surface area (TPSA) is 33.2 Å². The van der Waals surface area contributed by atoms with Crippen LogP contribution >= 0.6 is 11.6 Å². The lowest BCUT2D eigenvalue weighted by atomic mass is 9.96. The van der Waals surface area contributed by atoms with Gasteiger partial charge in [0.05, 0.1) is 5.92 Å². The summed E-state index contributed by atoms with van der Waals surface area (Å²) in [4.78, 5) is 17.3. The molecule has 1 fully saturated rings. The Hall–Kier alpha value is -1.30. The van der Waals surface area contributed by atoms with Crippen molar-refractivity contribution in [1.82, 2.24) is 9.88 Å². The number of pyridine rings is 1. The van der Waals surface area contributed by atoms with E-state index in [1.807, 2.05) is 0 Å². The van der Waals surface area contributed by atoms with Crippen molar-refractivity contribution in [3.63, 3.8) is 0 Å². The van der Waals surface area contributed by atoms with Crippen LogP contribution in [0.2, 0.25) is 5.15 Å². The fraction of sp³-hybridized carbons (Fsp3) is 0.500. The van der Waals surface area contributed by atoms with Crippen molar-refractivity contribution in [3.05, 3.63) is 29.0 Å². The lowest BCUT2D eigenvalue weighted by Gasteiger charge is -2.32. The Bertz CT molecular complexity index is 470. The van der Waals surface area contributed by atoms with Gasteiger partial charge in [0.25, 0.3) is 5.91 Å². The highest BCUT2D eigenvalue weighted by Crippen LogP contribution is 2.34. The first-order valence-corrected chi connectivity index (χ1v) is 6.24.